The summed E-state index contributed by atoms with van der Waals surface area (Å²) in [5.74, 6) is 0.153. The van der Waals surface area contributed by atoms with Gasteiger partial charge < -0.3 is 10.1 Å². The number of hydrogen-bond acceptors (Lipinski definition) is 5. The van der Waals surface area contributed by atoms with Gasteiger partial charge in [-0.3, -0.25) is 4.79 Å². The SMILES string of the molecule is CCOc1ccc(S(=O)(=O)N[C@H](Cc2ccccc2)C(=O)Nc2cccc(SC)c2)cc1. The van der Waals surface area contributed by atoms with Crippen LogP contribution in [0, 0.1) is 0 Å². The van der Waals surface area contributed by atoms with Crippen molar-refractivity contribution in [3.05, 3.63) is 84.4 Å². The maximum absolute atomic E-state index is 13.1. The number of nitrogens with one attached hydrogen (secondary N) is 2. The summed E-state index contributed by atoms with van der Waals surface area (Å²) >= 11 is 1.56. The first-order chi connectivity index (χ1) is 15.4. The predicted molar refractivity (Wildman–Crippen MR) is 129 cm³/mol. The van der Waals surface area contributed by atoms with Crippen molar-refractivity contribution in [2.45, 2.75) is 29.2 Å². The number of carbonyl (C=O) groups is 1. The summed E-state index contributed by atoms with van der Waals surface area (Å²) in [6.45, 7) is 2.34. The summed E-state index contributed by atoms with van der Waals surface area (Å²) in [7, 11) is -3.93. The lowest BCUT2D eigenvalue weighted by atomic mass is 10.1. The molecular formula is C24H26N2O4S2. The van der Waals surface area contributed by atoms with Crippen LogP contribution >= 0.6 is 11.8 Å². The van der Waals surface area contributed by atoms with Crippen molar-refractivity contribution < 1.29 is 17.9 Å². The number of thioether (sulfide) groups is 1. The Kier molecular flexibility index (Phi) is 8.33. The Bertz CT molecular complexity index is 1130. The Morgan fingerprint density at radius 2 is 1.72 bits per heavy atom. The van der Waals surface area contributed by atoms with E-state index < -0.39 is 22.0 Å². The zero-order valence-electron chi connectivity index (χ0n) is 17.9. The lowest BCUT2D eigenvalue weighted by Crippen LogP contribution is -2.45. The molecule has 0 fully saturated rings. The first-order valence-electron chi connectivity index (χ1n) is 10.2. The van der Waals surface area contributed by atoms with E-state index in [1.165, 1.54) is 12.1 Å². The third-order valence-electron chi connectivity index (χ3n) is 4.68. The normalized spacial score (nSPS) is 12.2. The van der Waals surface area contributed by atoms with Crippen molar-refractivity contribution in [3.63, 3.8) is 0 Å². The van der Waals surface area contributed by atoms with Crippen molar-refractivity contribution in [1.82, 2.24) is 4.72 Å². The number of anilines is 1. The molecule has 0 saturated heterocycles. The molecule has 1 amide bonds. The molecule has 0 saturated carbocycles. The van der Waals surface area contributed by atoms with Crippen LogP contribution in [0.3, 0.4) is 0 Å². The van der Waals surface area contributed by atoms with E-state index in [2.05, 4.69) is 10.0 Å². The van der Waals surface area contributed by atoms with E-state index in [0.29, 0.717) is 18.0 Å². The number of benzene rings is 3. The maximum atomic E-state index is 13.1. The van der Waals surface area contributed by atoms with E-state index >= 15 is 0 Å². The molecule has 0 heterocycles. The average Bonchev–Trinajstić information content (AvgIpc) is 2.80. The van der Waals surface area contributed by atoms with Crippen LogP contribution in [-0.2, 0) is 21.2 Å². The molecule has 6 nitrogen and oxygen atoms in total. The van der Waals surface area contributed by atoms with Gasteiger partial charge in [-0.25, -0.2) is 8.42 Å². The largest absolute Gasteiger partial charge is 0.494 e. The lowest BCUT2D eigenvalue weighted by molar-refractivity contribution is -0.117. The van der Waals surface area contributed by atoms with Crippen LogP contribution in [0.1, 0.15) is 12.5 Å². The van der Waals surface area contributed by atoms with Crippen LogP contribution in [0.5, 0.6) is 5.75 Å². The maximum Gasteiger partial charge on any atom is 0.242 e. The Labute approximate surface area is 193 Å². The molecule has 3 aromatic carbocycles. The Balaban J connectivity index is 1.83. The predicted octanol–water partition coefficient (Wildman–Crippen LogP) is 4.34. The Hall–Kier alpha value is -2.81. The topological polar surface area (TPSA) is 84.5 Å². The molecule has 8 heteroatoms. The fourth-order valence-corrected chi connectivity index (χ4v) is 4.76. The van der Waals surface area contributed by atoms with Gasteiger partial charge in [0.2, 0.25) is 15.9 Å². The zero-order chi connectivity index (χ0) is 23.0. The van der Waals surface area contributed by atoms with Gasteiger partial charge in [-0.2, -0.15) is 4.72 Å². The van der Waals surface area contributed by atoms with E-state index in [-0.39, 0.29) is 11.3 Å². The zero-order valence-corrected chi connectivity index (χ0v) is 19.6. The summed E-state index contributed by atoms with van der Waals surface area (Å²) in [4.78, 5) is 14.2. The molecule has 0 spiro atoms. The minimum atomic E-state index is -3.93. The number of amides is 1. The van der Waals surface area contributed by atoms with Gasteiger partial charge in [0, 0.05) is 10.6 Å². The van der Waals surface area contributed by atoms with Gasteiger partial charge in [-0.1, -0.05) is 36.4 Å². The molecule has 168 valence electrons. The van der Waals surface area contributed by atoms with Gasteiger partial charge in [-0.15, -0.1) is 11.8 Å². The van der Waals surface area contributed by atoms with Gasteiger partial charge in [0.25, 0.3) is 0 Å². The van der Waals surface area contributed by atoms with Gasteiger partial charge in [-0.05, 0) is 67.6 Å². The van der Waals surface area contributed by atoms with E-state index in [1.807, 2.05) is 61.7 Å². The molecule has 0 aliphatic rings. The molecule has 3 aromatic rings. The van der Waals surface area contributed by atoms with E-state index in [9.17, 15) is 13.2 Å². The summed E-state index contributed by atoms with van der Waals surface area (Å²) in [6, 6.07) is 21.8. The summed E-state index contributed by atoms with van der Waals surface area (Å²) in [5, 5.41) is 2.84. The standard InChI is InChI=1S/C24H26N2O4S2/c1-3-30-20-12-14-22(15-13-20)32(28,29)26-23(16-18-8-5-4-6-9-18)24(27)25-19-10-7-11-21(17-19)31-2/h4-15,17,23,26H,3,16H2,1-2H3,(H,25,27)/t23-/m1/s1. The number of rotatable bonds is 10. The van der Waals surface area contributed by atoms with Gasteiger partial charge in [0.15, 0.2) is 0 Å². The van der Waals surface area contributed by atoms with Crippen LogP contribution in [0.25, 0.3) is 0 Å². The smallest absolute Gasteiger partial charge is 0.242 e. The first-order valence-corrected chi connectivity index (χ1v) is 12.9. The van der Waals surface area contributed by atoms with E-state index in [0.717, 1.165) is 10.5 Å². The molecule has 0 aliphatic carbocycles. The van der Waals surface area contributed by atoms with E-state index in [4.69, 9.17) is 4.74 Å². The monoisotopic (exact) mass is 470 g/mol. The molecule has 0 aliphatic heterocycles. The average molecular weight is 471 g/mol. The molecule has 0 radical (unpaired) electrons. The molecule has 3 rings (SSSR count). The van der Waals surface area contributed by atoms with Gasteiger partial charge >= 0.3 is 0 Å². The molecule has 0 unspecified atom stereocenters. The van der Waals surface area contributed by atoms with Crippen LogP contribution in [0.15, 0.2) is 88.7 Å². The molecule has 0 bridgehead atoms. The van der Waals surface area contributed by atoms with Crippen molar-refractivity contribution in [2.24, 2.45) is 0 Å². The van der Waals surface area contributed by atoms with Crippen LogP contribution in [0.2, 0.25) is 0 Å². The van der Waals surface area contributed by atoms with Crippen molar-refractivity contribution in [3.8, 4) is 5.75 Å². The molecule has 2 N–H and O–H groups in total. The number of ether oxygens (including phenoxy) is 1. The second-order valence-electron chi connectivity index (χ2n) is 6.99. The van der Waals surface area contributed by atoms with Crippen molar-refractivity contribution in [1.29, 1.82) is 0 Å². The number of hydrogen-bond donors (Lipinski definition) is 2. The Morgan fingerprint density at radius 3 is 2.38 bits per heavy atom. The quantitative estimate of drug-likeness (QED) is 0.431. The second kappa shape index (κ2) is 11.2. The van der Waals surface area contributed by atoms with Gasteiger partial charge in [0.05, 0.1) is 11.5 Å². The fourth-order valence-electron chi connectivity index (χ4n) is 3.10. The Morgan fingerprint density at radius 1 is 1.00 bits per heavy atom. The minimum Gasteiger partial charge on any atom is -0.494 e. The van der Waals surface area contributed by atoms with E-state index in [1.54, 1.807) is 30.0 Å². The highest BCUT2D eigenvalue weighted by Crippen LogP contribution is 2.20. The molecule has 32 heavy (non-hydrogen) atoms. The fraction of sp³-hybridized carbons (Fsp3) is 0.208. The highest BCUT2D eigenvalue weighted by molar-refractivity contribution is 7.98. The highest BCUT2D eigenvalue weighted by Gasteiger charge is 2.26. The number of carbonyl (C=O) groups excluding carboxylic acids is 1. The van der Waals surface area contributed by atoms with Crippen LogP contribution in [0.4, 0.5) is 5.69 Å². The van der Waals surface area contributed by atoms with Crippen LogP contribution < -0.4 is 14.8 Å². The summed E-state index contributed by atoms with van der Waals surface area (Å²) in [6.07, 6.45) is 2.16. The third kappa shape index (κ3) is 6.59. The summed E-state index contributed by atoms with van der Waals surface area (Å²) in [5.41, 5.74) is 1.46. The summed E-state index contributed by atoms with van der Waals surface area (Å²) < 4.78 is 34.0. The lowest BCUT2D eigenvalue weighted by Gasteiger charge is -2.19. The molecule has 1 atom stereocenters. The van der Waals surface area contributed by atoms with Crippen molar-refractivity contribution in [2.75, 3.05) is 18.2 Å². The highest BCUT2D eigenvalue weighted by atomic mass is 32.2. The minimum absolute atomic E-state index is 0.0659. The molecule has 0 aromatic heterocycles. The first kappa shape index (κ1) is 23.8. The molecular weight excluding hydrogens is 444 g/mol. The van der Waals surface area contributed by atoms with Crippen LogP contribution in [-0.4, -0.2) is 33.2 Å². The third-order valence-corrected chi connectivity index (χ3v) is 6.89. The number of sulfonamides is 1. The van der Waals surface area contributed by atoms with Gasteiger partial charge in [0.1, 0.15) is 11.8 Å². The van der Waals surface area contributed by atoms with Crippen molar-refractivity contribution >= 4 is 33.4 Å². The second-order valence-corrected chi connectivity index (χ2v) is 9.58.